The molecule has 2 aromatic rings. The van der Waals surface area contributed by atoms with Crippen molar-refractivity contribution < 1.29 is 0 Å². The Bertz CT molecular complexity index is 527. The van der Waals surface area contributed by atoms with Crippen LogP contribution in [0.1, 0.15) is 31.2 Å². The van der Waals surface area contributed by atoms with E-state index in [2.05, 4.69) is 18.8 Å². The highest BCUT2D eigenvalue weighted by molar-refractivity contribution is 7.18. The lowest BCUT2D eigenvalue weighted by Gasteiger charge is -1.97. The van der Waals surface area contributed by atoms with Crippen molar-refractivity contribution in [2.24, 2.45) is 5.41 Å². The number of rotatable bonds is 1. The SMILES string of the molecule is CC1(C)CC1c1nc2ccc(N)cc2s1. The Balaban J connectivity index is 2.08. The Labute approximate surface area is 93.1 Å². The van der Waals surface area contributed by atoms with Crippen molar-refractivity contribution in [2.45, 2.75) is 26.2 Å². The molecule has 2 N–H and O–H groups in total. The molecule has 2 nitrogen and oxygen atoms in total. The van der Waals surface area contributed by atoms with Gasteiger partial charge < -0.3 is 5.73 Å². The van der Waals surface area contributed by atoms with Gasteiger partial charge in [0.1, 0.15) is 0 Å². The average Bonchev–Trinajstić information content (AvgIpc) is 2.63. The van der Waals surface area contributed by atoms with Gasteiger partial charge in [-0.25, -0.2) is 4.98 Å². The topological polar surface area (TPSA) is 38.9 Å². The zero-order chi connectivity index (χ0) is 10.6. The standard InChI is InChI=1S/C12H14N2S/c1-12(2)6-8(12)11-14-9-4-3-7(13)5-10(9)15-11/h3-5,8H,6,13H2,1-2H3. The number of thiazole rings is 1. The molecule has 0 aliphatic heterocycles. The first-order valence-electron chi connectivity index (χ1n) is 5.22. The smallest absolute Gasteiger partial charge is 0.0975 e. The van der Waals surface area contributed by atoms with Gasteiger partial charge in [-0.2, -0.15) is 0 Å². The fourth-order valence-corrected chi connectivity index (χ4v) is 3.32. The number of nitrogen functional groups attached to an aromatic ring is 1. The van der Waals surface area contributed by atoms with Crippen LogP contribution < -0.4 is 5.73 Å². The normalized spacial score (nSPS) is 23.2. The Kier molecular flexibility index (Phi) is 1.67. The minimum absolute atomic E-state index is 0.458. The van der Waals surface area contributed by atoms with E-state index in [1.165, 1.54) is 16.1 Å². The molecule has 1 heterocycles. The molecule has 1 saturated carbocycles. The van der Waals surface area contributed by atoms with E-state index in [1.54, 1.807) is 11.3 Å². The zero-order valence-corrected chi connectivity index (χ0v) is 9.77. The summed E-state index contributed by atoms with van der Waals surface area (Å²) >= 11 is 1.79. The van der Waals surface area contributed by atoms with Gasteiger partial charge in [-0.1, -0.05) is 13.8 Å². The number of benzene rings is 1. The van der Waals surface area contributed by atoms with Crippen molar-refractivity contribution in [2.75, 3.05) is 5.73 Å². The Morgan fingerprint density at radius 2 is 2.20 bits per heavy atom. The van der Waals surface area contributed by atoms with Gasteiger partial charge in [0.15, 0.2) is 0 Å². The van der Waals surface area contributed by atoms with Gasteiger partial charge in [-0.3, -0.25) is 0 Å². The van der Waals surface area contributed by atoms with Gasteiger partial charge in [-0.05, 0) is 30.0 Å². The minimum Gasteiger partial charge on any atom is -0.399 e. The fraction of sp³-hybridized carbons (Fsp3) is 0.417. The van der Waals surface area contributed by atoms with Gasteiger partial charge >= 0.3 is 0 Å². The largest absolute Gasteiger partial charge is 0.399 e. The zero-order valence-electron chi connectivity index (χ0n) is 8.95. The van der Waals surface area contributed by atoms with Crippen LogP contribution in [-0.4, -0.2) is 4.98 Å². The molecule has 15 heavy (non-hydrogen) atoms. The predicted molar refractivity (Wildman–Crippen MR) is 65.2 cm³/mol. The molecule has 0 saturated heterocycles. The summed E-state index contributed by atoms with van der Waals surface area (Å²) in [6.45, 7) is 4.61. The number of hydrogen-bond donors (Lipinski definition) is 1. The molecule has 1 aromatic carbocycles. The maximum atomic E-state index is 5.76. The first-order chi connectivity index (χ1) is 7.06. The fourth-order valence-electron chi connectivity index (χ4n) is 2.00. The molecule has 3 heteroatoms. The third-order valence-corrected chi connectivity index (χ3v) is 4.37. The van der Waals surface area contributed by atoms with Crippen molar-refractivity contribution in [3.8, 4) is 0 Å². The molecule has 0 bridgehead atoms. The quantitative estimate of drug-likeness (QED) is 0.745. The maximum absolute atomic E-state index is 5.76. The Hall–Kier alpha value is -1.09. The third kappa shape index (κ3) is 1.42. The van der Waals surface area contributed by atoms with Gasteiger partial charge in [-0.15, -0.1) is 11.3 Å². The van der Waals surface area contributed by atoms with Crippen molar-refractivity contribution in [3.05, 3.63) is 23.2 Å². The molecule has 0 spiro atoms. The van der Waals surface area contributed by atoms with Crippen LogP contribution in [0.2, 0.25) is 0 Å². The van der Waals surface area contributed by atoms with Crippen LogP contribution in [0.5, 0.6) is 0 Å². The highest BCUT2D eigenvalue weighted by Crippen LogP contribution is 2.59. The first kappa shape index (κ1) is 9.16. The number of hydrogen-bond acceptors (Lipinski definition) is 3. The number of nitrogens with two attached hydrogens (primary N) is 1. The van der Waals surface area contributed by atoms with E-state index in [4.69, 9.17) is 5.73 Å². The van der Waals surface area contributed by atoms with E-state index in [9.17, 15) is 0 Å². The Morgan fingerprint density at radius 1 is 1.47 bits per heavy atom. The van der Waals surface area contributed by atoms with E-state index >= 15 is 0 Å². The molecule has 0 amide bonds. The summed E-state index contributed by atoms with van der Waals surface area (Å²) in [4.78, 5) is 4.67. The van der Waals surface area contributed by atoms with Crippen LogP contribution in [0.25, 0.3) is 10.2 Å². The molecule has 1 atom stereocenters. The number of nitrogens with zero attached hydrogens (tertiary/aromatic N) is 1. The molecule has 1 unspecified atom stereocenters. The molecule has 3 rings (SSSR count). The lowest BCUT2D eigenvalue weighted by atomic mass is 10.1. The molecule has 1 fully saturated rings. The second-order valence-corrected chi connectivity index (χ2v) is 6.09. The van der Waals surface area contributed by atoms with Crippen molar-refractivity contribution in [3.63, 3.8) is 0 Å². The highest BCUT2D eigenvalue weighted by atomic mass is 32.1. The molecular formula is C12H14N2S. The van der Waals surface area contributed by atoms with Crippen molar-refractivity contribution >= 4 is 27.2 Å². The summed E-state index contributed by atoms with van der Waals surface area (Å²) in [5, 5.41) is 1.28. The van der Waals surface area contributed by atoms with E-state index in [-0.39, 0.29) is 0 Å². The number of fused-ring (bicyclic) bond motifs is 1. The predicted octanol–water partition coefficient (Wildman–Crippen LogP) is 3.39. The summed E-state index contributed by atoms with van der Waals surface area (Å²) < 4.78 is 1.22. The van der Waals surface area contributed by atoms with Crippen molar-refractivity contribution in [1.82, 2.24) is 4.98 Å². The first-order valence-corrected chi connectivity index (χ1v) is 6.04. The monoisotopic (exact) mass is 218 g/mol. The summed E-state index contributed by atoms with van der Waals surface area (Å²) in [6, 6.07) is 5.95. The Morgan fingerprint density at radius 3 is 2.87 bits per heavy atom. The van der Waals surface area contributed by atoms with E-state index < -0.39 is 0 Å². The highest BCUT2D eigenvalue weighted by Gasteiger charge is 2.48. The lowest BCUT2D eigenvalue weighted by molar-refractivity contribution is 0.621. The van der Waals surface area contributed by atoms with E-state index in [1.807, 2.05) is 18.2 Å². The van der Waals surface area contributed by atoms with Crippen LogP contribution >= 0.6 is 11.3 Å². The van der Waals surface area contributed by atoms with Crippen LogP contribution in [0, 0.1) is 5.41 Å². The lowest BCUT2D eigenvalue weighted by Crippen LogP contribution is -1.88. The summed E-state index contributed by atoms with van der Waals surface area (Å²) in [5.74, 6) is 0.663. The third-order valence-electron chi connectivity index (χ3n) is 3.24. The molecule has 0 radical (unpaired) electrons. The second kappa shape index (κ2) is 2.73. The van der Waals surface area contributed by atoms with Gasteiger partial charge in [0.2, 0.25) is 0 Å². The van der Waals surface area contributed by atoms with Crippen LogP contribution in [0.15, 0.2) is 18.2 Å². The second-order valence-electron chi connectivity index (χ2n) is 5.02. The van der Waals surface area contributed by atoms with E-state index in [0.717, 1.165) is 11.2 Å². The molecular weight excluding hydrogens is 204 g/mol. The molecule has 1 aliphatic rings. The van der Waals surface area contributed by atoms with Crippen LogP contribution in [0.3, 0.4) is 0 Å². The summed E-state index contributed by atoms with van der Waals surface area (Å²) in [5.41, 5.74) is 8.13. The van der Waals surface area contributed by atoms with Gasteiger partial charge in [0, 0.05) is 11.6 Å². The number of anilines is 1. The van der Waals surface area contributed by atoms with Crippen LogP contribution in [0.4, 0.5) is 5.69 Å². The van der Waals surface area contributed by atoms with E-state index in [0.29, 0.717) is 11.3 Å². The minimum atomic E-state index is 0.458. The van der Waals surface area contributed by atoms with Crippen LogP contribution in [-0.2, 0) is 0 Å². The van der Waals surface area contributed by atoms with Gasteiger partial charge in [0.25, 0.3) is 0 Å². The molecule has 1 aliphatic carbocycles. The van der Waals surface area contributed by atoms with Crippen molar-refractivity contribution in [1.29, 1.82) is 0 Å². The summed E-state index contributed by atoms with van der Waals surface area (Å²) in [7, 11) is 0. The summed E-state index contributed by atoms with van der Waals surface area (Å²) in [6.07, 6.45) is 1.27. The maximum Gasteiger partial charge on any atom is 0.0975 e. The number of aromatic nitrogens is 1. The molecule has 1 aromatic heterocycles. The molecule has 78 valence electrons. The van der Waals surface area contributed by atoms with Gasteiger partial charge in [0.05, 0.1) is 15.2 Å². The average molecular weight is 218 g/mol.